The first-order valence-corrected chi connectivity index (χ1v) is 9.19. The first-order chi connectivity index (χ1) is 14.1. The number of carbonyl (C=O) groups excluding carboxylic acids is 2. The van der Waals surface area contributed by atoms with Crippen LogP contribution in [0.15, 0.2) is 61.1 Å². The van der Waals surface area contributed by atoms with Gasteiger partial charge in [0.2, 0.25) is 0 Å². The van der Waals surface area contributed by atoms with Gasteiger partial charge in [-0.2, -0.15) is 0 Å². The fourth-order valence-corrected chi connectivity index (χ4v) is 3.64. The smallest absolute Gasteiger partial charge is 0.256 e. The largest absolute Gasteiger partial charge is 0.348 e. The van der Waals surface area contributed by atoms with Crippen molar-refractivity contribution >= 4 is 28.7 Å². The maximum atomic E-state index is 12.4. The van der Waals surface area contributed by atoms with Crippen LogP contribution in [0.3, 0.4) is 0 Å². The molecule has 0 saturated heterocycles. The van der Waals surface area contributed by atoms with Crippen LogP contribution in [-0.2, 0) is 13.6 Å². The molecule has 0 saturated carbocycles. The number of hydrogen-bond acceptors (Lipinski definition) is 4. The standard InChI is InChI=1S/C22H17N5O2/c1-27-12-18(14-2-3-16-15(10-14)11-24-22(16)29)17-4-5-19(25-20(17)27)26-21(28)13-6-8-23-9-7-13/h2-10,12H,11H2,1H3,(H,24,29)(H,25,26,28). The van der Waals surface area contributed by atoms with Crippen molar-refractivity contribution in [2.24, 2.45) is 7.05 Å². The molecule has 1 aromatic carbocycles. The lowest BCUT2D eigenvalue weighted by Crippen LogP contribution is -2.13. The Morgan fingerprint density at radius 3 is 2.76 bits per heavy atom. The van der Waals surface area contributed by atoms with Gasteiger partial charge in [0.15, 0.2) is 0 Å². The molecule has 1 aliphatic rings. The zero-order valence-electron chi connectivity index (χ0n) is 15.6. The number of anilines is 1. The van der Waals surface area contributed by atoms with Crippen LogP contribution in [0.25, 0.3) is 22.2 Å². The van der Waals surface area contributed by atoms with Gasteiger partial charge in [0, 0.05) is 54.3 Å². The SMILES string of the molecule is Cn1cc(-c2ccc3c(c2)CNC3=O)c2ccc(NC(=O)c3ccncc3)nc21. The molecule has 7 nitrogen and oxygen atoms in total. The third-order valence-electron chi connectivity index (χ3n) is 5.11. The molecule has 1 aliphatic heterocycles. The molecular formula is C22H17N5O2. The highest BCUT2D eigenvalue weighted by Gasteiger charge is 2.20. The molecule has 3 aromatic heterocycles. The summed E-state index contributed by atoms with van der Waals surface area (Å²) in [4.78, 5) is 32.7. The van der Waals surface area contributed by atoms with E-state index in [9.17, 15) is 9.59 Å². The van der Waals surface area contributed by atoms with E-state index in [2.05, 4.69) is 20.6 Å². The van der Waals surface area contributed by atoms with E-state index in [1.807, 2.05) is 42.1 Å². The minimum atomic E-state index is -0.232. The molecular weight excluding hydrogens is 366 g/mol. The van der Waals surface area contributed by atoms with Crippen molar-refractivity contribution < 1.29 is 9.59 Å². The van der Waals surface area contributed by atoms with Gasteiger partial charge in [-0.1, -0.05) is 6.07 Å². The summed E-state index contributed by atoms with van der Waals surface area (Å²) in [7, 11) is 1.92. The van der Waals surface area contributed by atoms with Crippen molar-refractivity contribution in [1.82, 2.24) is 19.9 Å². The molecule has 29 heavy (non-hydrogen) atoms. The van der Waals surface area contributed by atoms with Crippen LogP contribution in [0.5, 0.6) is 0 Å². The van der Waals surface area contributed by atoms with Crippen LogP contribution in [-0.4, -0.2) is 26.3 Å². The minimum Gasteiger partial charge on any atom is -0.348 e. The van der Waals surface area contributed by atoms with Gasteiger partial charge in [0.05, 0.1) is 0 Å². The van der Waals surface area contributed by atoms with Gasteiger partial charge in [0.25, 0.3) is 11.8 Å². The van der Waals surface area contributed by atoms with Crippen LogP contribution in [0, 0.1) is 0 Å². The molecule has 0 atom stereocenters. The normalized spacial score (nSPS) is 12.7. The van der Waals surface area contributed by atoms with E-state index in [4.69, 9.17) is 0 Å². The maximum Gasteiger partial charge on any atom is 0.256 e. The average molecular weight is 383 g/mol. The summed E-state index contributed by atoms with van der Waals surface area (Å²) in [5, 5.41) is 6.65. The van der Waals surface area contributed by atoms with Gasteiger partial charge in [0.1, 0.15) is 11.5 Å². The highest BCUT2D eigenvalue weighted by Crippen LogP contribution is 2.32. The Bertz CT molecular complexity index is 1280. The molecule has 5 rings (SSSR count). The Labute approximate surface area is 166 Å². The molecule has 2 N–H and O–H groups in total. The Kier molecular flexibility index (Phi) is 3.87. The number of nitrogens with zero attached hydrogens (tertiary/aromatic N) is 3. The second-order valence-corrected chi connectivity index (χ2v) is 6.97. The maximum absolute atomic E-state index is 12.4. The molecule has 0 unspecified atom stereocenters. The molecule has 0 fully saturated rings. The Morgan fingerprint density at radius 1 is 1.10 bits per heavy atom. The van der Waals surface area contributed by atoms with Crippen molar-refractivity contribution in [3.05, 3.63) is 77.7 Å². The molecule has 0 spiro atoms. The van der Waals surface area contributed by atoms with Gasteiger partial charge in [-0.25, -0.2) is 4.98 Å². The molecule has 2 amide bonds. The second kappa shape index (κ2) is 6.56. The highest BCUT2D eigenvalue weighted by molar-refractivity contribution is 6.05. The molecule has 4 aromatic rings. The van der Waals surface area contributed by atoms with E-state index >= 15 is 0 Å². The molecule has 7 heteroatoms. The van der Waals surface area contributed by atoms with Gasteiger partial charge >= 0.3 is 0 Å². The van der Waals surface area contributed by atoms with Crippen LogP contribution in [0.1, 0.15) is 26.3 Å². The van der Waals surface area contributed by atoms with Gasteiger partial charge in [-0.3, -0.25) is 14.6 Å². The fraction of sp³-hybridized carbons (Fsp3) is 0.0909. The second-order valence-electron chi connectivity index (χ2n) is 6.97. The van der Waals surface area contributed by atoms with E-state index in [-0.39, 0.29) is 11.8 Å². The van der Waals surface area contributed by atoms with E-state index in [1.165, 1.54) is 0 Å². The summed E-state index contributed by atoms with van der Waals surface area (Å²) in [6.07, 6.45) is 5.17. The number of rotatable bonds is 3. The van der Waals surface area contributed by atoms with Crippen LogP contribution in [0.2, 0.25) is 0 Å². The number of hydrogen-bond donors (Lipinski definition) is 2. The highest BCUT2D eigenvalue weighted by atomic mass is 16.2. The number of fused-ring (bicyclic) bond motifs is 2. The lowest BCUT2D eigenvalue weighted by Gasteiger charge is -2.06. The predicted octanol–water partition coefficient (Wildman–Crippen LogP) is 3.13. The molecule has 0 bridgehead atoms. The Hall–Kier alpha value is -4.00. The van der Waals surface area contributed by atoms with Gasteiger partial charge < -0.3 is 15.2 Å². The number of nitrogens with one attached hydrogen (secondary N) is 2. The van der Waals surface area contributed by atoms with Crippen molar-refractivity contribution in [2.45, 2.75) is 6.54 Å². The number of carbonyl (C=O) groups is 2. The average Bonchev–Trinajstić information content (AvgIpc) is 3.28. The Morgan fingerprint density at radius 2 is 1.93 bits per heavy atom. The molecule has 0 aliphatic carbocycles. The van der Waals surface area contributed by atoms with Crippen LogP contribution >= 0.6 is 0 Å². The number of pyridine rings is 2. The quantitative estimate of drug-likeness (QED) is 0.569. The number of benzene rings is 1. The van der Waals surface area contributed by atoms with Crippen LogP contribution < -0.4 is 10.6 Å². The lowest BCUT2D eigenvalue weighted by molar-refractivity contribution is 0.0964. The number of aryl methyl sites for hydroxylation is 1. The van der Waals surface area contributed by atoms with Crippen LogP contribution in [0.4, 0.5) is 5.82 Å². The molecule has 0 radical (unpaired) electrons. The van der Waals surface area contributed by atoms with E-state index in [1.54, 1.807) is 30.6 Å². The Balaban J connectivity index is 1.50. The first-order valence-electron chi connectivity index (χ1n) is 9.19. The van der Waals surface area contributed by atoms with Crippen molar-refractivity contribution in [2.75, 3.05) is 5.32 Å². The van der Waals surface area contributed by atoms with E-state index in [0.29, 0.717) is 17.9 Å². The van der Waals surface area contributed by atoms with Crippen molar-refractivity contribution in [3.8, 4) is 11.1 Å². The van der Waals surface area contributed by atoms with Gasteiger partial charge in [-0.15, -0.1) is 0 Å². The zero-order chi connectivity index (χ0) is 20.0. The number of aromatic nitrogens is 3. The zero-order valence-corrected chi connectivity index (χ0v) is 15.6. The summed E-state index contributed by atoms with van der Waals surface area (Å²) < 4.78 is 1.93. The third kappa shape index (κ3) is 2.93. The predicted molar refractivity (Wildman–Crippen MR) is 110 cm³/mol. The minimum absolute atomic E-state index is 0.0271. The fourth-order valence-electron chi connectivity index (χ4n) is 3.64. The van der Waals surface area contributed by atoms with Crippen molar-refractivity contribution in [3.63, 3.8) is 0 Å². The summed E-state index contributed by atoms with van der Waals surface area (Å²) in [5.74, 6) is 0.223. The third-order valence-corrected chi connectivity index (χ3v) is 5.11. The lowest BCUT2D eigenvalue weighted by atomic mass is 10.0. The summed E-state index contributed by atoms with van der Waals surface area (Å²) in [6, 6.07) is 12.9. The summed E-state index contributed by atoms with van der Waals surface area (Å²) in [6.45, 7) is 0.552. The summed E-state index contributed by atoms with van der Waals surface area (Å²) >= 11 is 0. The first kappa shape index (κ1) is 17.1. The molecule has 4 heterocycles. The van der Waals surface area contributed by atoms with E-state index < -0.39 is 0 Å². The van der Waals surface area contributed by atoms with Gasteiger partial charge in [-0.05, 0) is 47.5 Å². The molecule has 142 valence electrons. The number of amides is 2. The summed E-state index contributed by atoms with van der Waals surface area (Å²) in [5.41, 5.74) is 5.08. The monoisotopic (exact) mass is 383 g/mol. The van der Waals surface area contributed by atoms with E-state index in [0.717, 1.165) is 33.3 Å². The topological polar surface area (TPSA) is 88.9 Å². The van der Waals surface area contributed by atoms with Crippen molar-refractivity contribution in [1.29, 1.82) is 0 Å².